The van der Waals surface area contributed by atoms with Gasteiger partial charge in [0.25, 0.3) is 16.6 Å². The number of rotatable bonds is 22. The fraction of sp³-hybridized carbons (Fsp3) is 0.640. The number of carbonyl (C=O) groups is 3. The van der Waals surface area contributed by atoms with Crippen molar-refractivity contribution in [1.29, 1.82) is 0 Å². The SMILES string of the molecule is CCOCCO[N+](=O)[O-].COC(=O)CCc1ccc(OCC(CN(C(=O)COCCO[N+](=O)[O-])C(C)C)OC=O)cc1. The minimum absolute atomic E-state index is 0.00821. The van der Waals surface area contributed by atoms with Crippen LogP contribution in [0.15, 0.2) is 24.3 Å². The Balaban J connectivity index is 0.00000160. The van der Waals surface area contributed by atoms with Crippen molar-refractivity contribution in [2.75, 3.05) is 59.9 Å². The van der Waals surface area contributed by atoms with Gasteiger partial charge in [-0.1, -0.05) is 12.1 Å². The van der Waals surface area contributed by atoms with Crippen LogP contribution < -0.4 is 4.74 Å². The van der Waals surface area contributed by atoms with Gasteiger partial charge in [-0.15, -0.1) is 20.2 Å². The lowest BCUT2D eigenvalue weighted by molar-refractivity contribution is -0.758. The van der Waals surface area contributed by atoms with Gasteiger partial charge in [0.2, 0.25) is 5.91 Å². The van der Waals surface area contributed by atoms with E-state index in [0.29, 0.717) is 25.2 Å². The number of nitrogens with zero attached hydrogens (tertiary/aromatic N) is 3. The van der Waals surface area contributed by atoms with E-state index in [2.05, 4.69) is 14.4 Å². The fourth-order valence-electron chi connectivity index (χ4n) is 3.05. The van der Waals surface area contributed by atoms with Gasteiger partial charge in [-0.3, -0.25) is 14.4 Å². The summed E-state index contributed by atoms with van der Waals surface area (Å²) in [5, 5.41) is 17.8. The molecule has 1 amide bonds. The summed E-state index contributed by atoms with van der Waals surface area (Å²) in [6.07, 6.45) is 0.0816. The van der Waals surface area contributed by atoms with Crippen LogP contribution in [0.5, 0.6) is 5.75 Å². The first-order valence-corrected chi connectivity index (χ1v) is 12.9. The molecule has 0 fully saturated rings. The fourth-order valence-corrected chi connectivity index (χ4v) is 3.05. The standard InChI is InChI=1S/C21H30N2O10.C4H9NO4/c1-16(2)22(20(25)14-30-10-11-33-23(27)28)12-19(32-15-24)13-31-18-7-4-17(5-8-18)6-9-21(26)29-3;1-2-8-3-4-9-5(6)7/h4-5,7-8,15-16,19H,6,9-14H2,1-3H3;2-4H2,1H3. The topological polar surface area (TPSA) is 205 Å². The molecule has 0 aromatic heterocycles. The highest BCUT2D eigenvalue weighted by atomic mass is 17.0. The second kappa shape index (κ2) is 23.5. The summed E-state index contributed by atoms with van der Waals surface area (Å²) >= 11 is 0. The predicted molar refractivity (Wildman–Crippen MR) is 143 cm³/mol. The van der Waals surface area contributed by atoms with Crippen molar-refractivity contribution in [3.05, 3.63) is 50.1 Å². The molecule has 0 N–H and O–H groups in total. The molecule has 0 aliphatic carbocycles. The van der Waals surface area contributed by atoms with Crippen molar-refractivity contribution in [3.8, 4) is 5.75 Å². The molecule has 238 valence electrons. The van der Waals surface area contributed by atoms with Gasteiger partial charge in [0.1, 0.15) is 32.2 Å². The van der Waals surface area contributed by atoms with E-state index < -0.39 is 16.3 Å². The smallest absolute Gasteiger partial charge is 0.305 e. The van der Waals surface area contributed by atoms with Crippen LogP contribution >= 0.6 is 0 Å². The van der Waals surface area contributed by atoms with Gasteiger partial charge in [0, 0.05) is 19.1 Å². The molecule has 17 nitrogen and oxygen atoms in total. The molecule has 42 heavy (non-hydrogen) atoms. The quantitative estimate of drug-likeness (QED) is 0.0602. The lowest BCUT2D eigenvalue weighted by atomic mass is 10.1. The lowest BCUT2D eigenvalue weighted by Crippen LogP contribution is -2.46. The Morgan fingerprint density at radius 3 is 2.07 bits per heavy atom. The van der Waals surface area contributed by atoms with Crippen LogP contribution in [0, 0.1) is 20.2 Å². The molecule has 0 heterocycles. The van der Waals surface area contributed by atoms with Gasteiger partial charge in [0.15, 0.2) is 6.10 Å². The molecule has 1 unspecified atom stereocenters. The van der Waals surface area contributed by atoms with Crippen molar-refractivity contribution in [2.24, 2.45) is 0 Å². The predicted octanol–water partition coefficient (Wildman–Crippen LogP) is 1.41. The molecule has 1 rings (SSSR count). The van der Waals surface area contributed by atoms with Crippen LogP contribution in [0.25, 0.3) is 0 Å². The van der Waals surface area contributed by atoms with E-state index in [9.17, 15) is 34.6 Å². The van der Waals surface area contributed by atoms with Crippen molar-refractivity contribution in [3.63, 3.8) is 0 Å². The summed E-state index contributed by atoms with van der Waals surface area (Å²) in [5.41, 5.74) is 0.939. The molecule has 0 aliphatic rings. The first-order chi connectivity index (χ1) is 20.0. The van der Waals surface area contributed by atoms with Crippen LogP contribution in [0.4, 0.5) is 0 Å². The maximum atomic E-state index is 12.5. The maximum Gasteiger partial charge on any atom is 0.305 e. The van der Waals surface area contributed by atoms with Gasteiger partial charge in [-0.2, -0.15) is 0 Å². The summed E-state index contributed by atoms with van der Waals surface area (Å²) in [6, 6.07) is 6.88. The van der Waals surface area contributed by atoms with Crippen molar-refractivity contribution < 1.29 is 57.9 Å². The van der Waals surface area contributed by atoms with Gasteiger partial charge in [-0.05, 0) is 44.9 Å². The number of amides is 1. The first-order valence-electron chi connectivity index (χ1n) is 12.9. The molecule has 0 aliphatic heterocycles. The molecule has 0 saturated heterocycles. The van der Waals surface area contributed by atoms with Gasteiger partial charge in [0.05, 0.1) is 26.9 Å². The van der Waals surface area contributed by atoms with Gasteiger partial charge >= 0.3 is 5.97 Å². The Bertz CT molecular complexity index is 929. The summed E-state index contributed by atoms with van der Waals surface area (Å²) < 4.78 is 25.3. The second-order valence-electron chi connectivity index (χ2n) is 8.39. The Hall–Kier alpha value is -4.25. The summed E-state index contributed by atoms with van der Waals surface area (Å²) in [7, 11) is 1.34. The van der Waals surface area contributed by atoms with Gasteiger partial charge in [-0.25, -0.2) is 0 Å². The molecule has 0 spiro atoms. The van der Waals surface area contributed by atoms with E-state index in [0.717, 1.165) is 5.56 Å². The molecular weight excluding hydrogens is 566 g/mol. The number of esters is 1. The Kier molecular flexibility index (Phi) is 21.1. The van der Waals surface area contributed by atoms with Crippen molar-refractivity contribution >= 4 is 18.3 Å². The highest BCUT2D eigenvalue weighted by molar-refractivity contribution is 5.77. The Labute approximate surface area is 243 Å². The van der Waals surface area contributed by atoms with Crippen molar-refractivity contribution in [2.45, 2.75) is 45.8 Å². The number of hydrogen-bond donors (Lipinski definition) is 0. The van der Waals surface area contributed by atoms with Crippen LogP contribution in [-0.2, 0) is 49.4 Å². The maximum absolute atomic E-state index is 12.5. The van der Waals surface area contributed by atoms with E-state index in [-0.39, 0.29) is 70.5 Å². The highest BCUT2D eigenvalue weighted by Crippen LogP contribution is 2.15. The van der Waals surface area contributed by atoms with Gasteiger partial charge < -0.3 is 38.3 Å². The summed E-state index contributed by atoms with van der Waals surface area (Å²) in [4.78, 5) is 63.7. The number of benzene rings is 1. The molecule has 17 heteroatoms. The average molecular weight is 606 g/mol. The molecular formula is C25H39N3O14. The highest BCUT2D eigenvalue weighted by Gasteiger charge is 2.23. The largest absolute Gasteiger partial charge is 0.490 e. The van der Waals surface area contributed by atoms with Crippen LogP contribution in [0.3, 0.4) is 0 Å². The minimum atomic E-state index is -0.942. The molecule has 0 radical (unpaired) electrons. The number of aryl methyl sites for hydroxylation is 1. The van der Waals surface area contributed by atoms with Crippen LogP contribution in [-0.4, -0.2) is 105 Å². The van der Waals surface area contributed by atoms with E-state index in [1.165, 1.54) is 12.0 Å². The van der Waals surface area contributed by atoms with E-state index in [4.69, 9.17) is 18.9 Å². The molecule has 1 aromatic carbocycles. The molecule has 0 saturated carbocycles. The third kappa shape index (κ3) is 19.8. The lowest BCUT2D eigenvalue weighted by Gasteiger charge is -2.30. The van der Waals surface area contributed by atoms with Crippen LogP contribution in [0.2, 0.25) is 0 Å². The molecule has 0 bridgehead atoms. The second-order valence-corrected chi connectivity index (χ2v) is 8.39. The minimum Gasteiger partial charge on any atom is -0.490 e. The van der Waals surface area contributed by atoms with Crippen LogP contribution in [0.1, 0.15) is 32.8 Å². The van der Waals surface area contributed by atoms with E-state index in [1.54, 1.807) is 26.0 Å². The molecule has 1 aromatic rings. The zero-order chi connectivity index (χ0) is 31.8. The summed E-state index contributed by atoms with van der Waals surface area (Å²) in [5.74, 6) is -0.128. The van der Waals surface area contributed by atoms with E-state index in [1.807, 2.05) is 19.1 Å². The zero-order valence-corrected chi connectivity index (χ0v) is 24.2. The number of hydrogen-bond acceptors (Lipinski definition) is 14. The monoisotopic (exact) mass is 605 g/mol. The Morgan fingerprint density at radius 1 is 0.976 bits per heavy atom. The first kappa shape index (κ1) is 37.8. The zero-order valence-electron chi connectivity index (χ0n) is 24.2. The Morgan fingerprint density at radius 2 is 1.57 bits per heavy atom. The third-order valence-electron chi connectivity index (χ3n) is 5.08. The average Bonchev–Trinajstić information content (AvgIpc) is 2.95. The number of methoxy groups -OCH3 is 1. The third-order valence-corrected chi connectivity index (χ3v) is 5.08. The van der Waals surface area contributed by atoms with E-state index >= 15 is 0 Å². The normalized spacial score (nSPS) is 10.9. The molecule has 1 atom stereocenters. The van der Waals surface area contributed by atoms with Crippen molar-refractivity contribution in [1.82, 2.24) is 4.90 Å². The number of carbonyl (C=O) groups excluding carboxylic acids is 3. The number of ether oxygens (including phenoxy) is 5. The summed E-state index contributed by atoms with van der Waals surface area (Å²) in [6.45, 7) is 5.90.